The van der Waals surface area contributed by atoms with Crippen LogP contribution in [0.25, 0.3) is 0 Å². The summed E-state index contributed by atoms with van der Waals surface area (Å²) in [5.41, 5.74) is -0.160. The number of esters is 1. The SMILES string of the molecule is COc1cc(C(=O)O[C@@H]2O[C@H](CO[C@H]3O[C@H](CO)[C@@H](O)[C@H](O)[C@H]3O)[C@@H](O)[C@H](O)[C@H]2O)cc(OC)c1O. The number of hydrogen-bond donors (Lipinski definition) is 8. The Morgan fingerprint density at radius 1 is 0.806 bits per heavy atom. The third-order valence-corrected chi connectivity index (χ3v) is 5.88. The maximum atomic E-state index is 12.7. The first-order chi connectivity index (χ1) is 17.0. The standard InChI is InChI=1S/C21H30O15/c1-31-8-3-7(4-9(32-2)12(8)23)19(30)36-21-18(29)16(27)14(25)11(35-21)6-33-20-17(28)15(26)13(24)10(5-22)34-20/h3-4,10-11,13-18,20-29H,5-6H2,1-2H3/t10-,11-,13-,14-,15+,16+,17-,18-,20+,21+/m1/s1. The van der Waals surface area contributed by atoms with Crippen molar-refractivity contribution >= 4 is 5.97 Å². The van der Waals surface area contributed by atoms with Crippen molar-refractivity contribution in [2.75, 3.05) is 27.4 Å². The van der Waals surface area contributed by atoms with E-state index in [9.17, 15) is 45.6 Å². The summed E-state index contributed by atoms with van der Waals surface area (Å²) in [6, 6.07) is 2.28. The molecule has 0 radical (unpaired) electrons. The van der Waals surface area contributed by atoms with Crippen molar-refractivity contribution in [3.63, 3.8) is 0 Å². The minimum Gasteiger partial charge on any atom is -0.502 e. The predicted molar refractivity (Wildman–Crippen MR) is 113 cm³/mol. The van der Waals surface area contributed by atoms with E-state index >= 15 is 0 Å². The van der Waals surface area contributed by atoms with E-state index in [1.807, 2.05) is 0 Å². The number of phenols is 1. The Labute approximate surface area is 204 Å². The van der Waals surface area contributed by atoms with Crippen LogP contribution in [0.1, 0.15) is 10.4 Å². The molecular formula is C21H30O15. The average Bonchev–Trinajstić information content (AvgIpc) is 2.87. The summed E-state index contributed by atoms with van der Waals surface area (Å²) in [7, 11) is 2.49. The number of ether oxygens (including phenoxy) is 6. The zero-order chi connectivity index (χ0) is 26.7. The van der Waals surface area contributed by atoms with Gasteiger partial charge in [-0.15, -0.1) is 0 Å². The number of methoxy groups -OCH3 is 2. The van der Waals surface area contributed by atoms with E-state index in [1.54, 1.807) is 0 Å². The molecule has 0 aliphatic carbocycles. The maximum absolute atomic E-state index is 12.7. The lowest BCUT2D eigenvalue weighted by molar-refractivity contribution is -0.325. The fraction of sp³-hybridized carbons (Fsp3) is 0.667. The molecule has 0 bridgehead atoms. The van der Waals surface area contributed by atoms with E-state index in [4.69, 9.17) is 28.4 Å². The lowest BCUT2D eigenvalue weighted by atomic mass is 9.98. The van der Waals surface area contributed by atoms with Crippen molar-refractivity contribution in [2.24, 2.45) is 0 Å². The number of aromatic hydroxyl groups is 1. The quantitative estimate of drug-likeness (QED) is 0.153. The first-order valence-electron chi connectivity index (χ1n) is 10.8. The molecule has 2 aliphatic rings. The van der Waals surface area contributed by atoms with E-state index in [2.05, 4.69) is 0 Å². The largest absolute Gasteiger partial charge is 0.502 e. The van der Waals surface area contributed by atoms with Crippen LogP contribution >= 0.6 is 0 Å². The second kappa shape index (κ2) is 11.8. The molecule has 3 rings (SSSR count). The summed E-state index contributed by atoms with van der Waals surface area (Å²) < 4.78 is 31.0. The average molecular weight is 522 g/mol. The molecule has 1 aromatic carbocycles. The van der Waals surface area contributed by atoms with E-state index in [1.165, 1.54) is 14.2 Å². The van der Waals surface area contributed by atoms with Crippen LogP contribution in [0.15, 0.2) is 12.1 Å². The van der Waals surface area contributed by atoms with Crippen molar-refractivity contribution in [2.45, 2.75) is 61.4 Å². The molecule has 1 aromatic rings. The zero-order valence-corrected chi connectivity index (χ0v) is 19.3. The van der Waals surface area contributed by atoms with Crippen LogP contribution in [0, 0.1) is 0 Å². The highest BCUT2D eigenvalue weighted by Crippen LogP contribution is 2.37. The normalized spacial score (nSPS) is 36.8. The van der Waals surface area contributed by atoms with Crippen molar-refractivity contribution in [1.82, 2.24) is 0 Å². The van der Waals surface area contributed by atoms with E-state index < -0.39 is 80.6 Å². The second-order valence-corrected chi connectivity index (χ2v) is 8.18. The molecule has 15 heteroatoms. The summed E-state index contributed by atoms with van der Waals surface area (Å²) in [6.07, 6.45) is -16.5. The molecule has 2 fully saturated rings. The molecule has 2 heterocycles. The third kappa shape index (κ3) is 5.65. The van der Waals surface area contributed by atoms with Crippen LogP contribution in [0.2, 0.25) is 0 Å². The molecule has 8 N–H and O–H groups in total. The van der Waals surface area contributed by atoms with Crippen LogP contribution < -0.4 is 9.47 Å². The van der Waals surface area contributed by atoms with Crippen LogP contribution in [0.5, 0.6) is 17.2 Å². The van der Waals surface area contributed by atoms with Gasteiger partial charge in [0, 0.05) is 0 Å². The number of rotatable bonds is 8. The van der Waals surface area contributed by atoms with Crippen LogP contribution in [-0.4, -0.2) is 136 Å². The molecule has 36 heavy (non-hydrogen) atoms. The molecule has 204 valence electrons. The number of aliphatic hydroxyl groups is 7. The molecule has 0 spiro atoms. The fourth-order valence-electron chi connectivity index (χ4n) is 3.73. The fourth-order valence-corrected chi connectivity index (χ4v) is 3.73. The van der Waals surface area contributed by atoms with Gasteiger partial charge in [-0.2, -0.15) is 0 Å². The highest BCUT2D eigenvalue weighted by Gasteiger charge is 2.48. The third-order valence-electron chi connectivity index (χ3n) is 5.88. The van der Waals surface area contributed by atoms with Gasteiger partial charge >= 0.3 is 5.97 Å². The highest BCUT2D eigenvalue weighted by atomic mass is 16.7. The lowest BCUT2D eigenvalue weighted by Gasteiger charge is -2.42. The Hall–Kier alpha value is -2.31. The Morgan fingerprint density at radius 3 is 1.83 bits per heavy atom. The number of phenolic OH excluding ortho intramolecular Hbond substituents is 1. The lowest BCUT2D eigenvalue weighted by Crippen LogP contribution is -2.61. The molecule has 2 aliphatic heterocycles. The molecule has 15 nitrogen and oxygen atoms in total. The van der Waals surface area contributed by atoms with E-state index in [0.29, 0.717) is 0 Å². The highest BCUT2D eigenvalue weighted by molar-refractivity contribution is 5.91. The summed E-state index contributed by atoms with van der Waals surface area (Å²) in [5.74, 6) is -1.64. The minimum atomic E-state index is -1.87. The topological polar surface area (TPSA) is 234 Å². The van der Waals surface area contributed by atoms with Gasteiger partial charge in [0.2, 0.25) is 12.0 Å². The van der Waals surface area contributed by atoms with Crippen molar-refractivity contribution in [3.05, 3.63) is 17.7 Å². The zero-order valence-electron chi connectivity index (χ0n) is 19.3. The number of carbonyl (C=O) groups excluding carboxylic acids is 1. The van der Waals surface area contributed by atoms with Gasteiger partial charge in [0.25, 0.3) is 0 Å². The molecule has 0 saturated carbocycles. The van der Waals surface area contributed by atoms with Crippen LogP contribution in [-0.2, 0) is 18.9 Å². The van der Waals surface area contributed by atoms with E-state index in [-0.39, 0.29) is 22.8 Å². The maximum Gasteiger partial charge on any atom is 0.340 e. The Kier molecular flexibility index (Phi) is 9.28. The monoisotopic (exact) mass is 522 g/mol. The summed E-state index contributed by atoms with van der Waals surface area (Å²) in [6.45, 7) is -1.29. The van der Waals surface area contributed by atoms with E-state index in [0.717, 1.165) is 12.1 Å². The van der Waals surface area contributed by atoms with Crippen LogP contribution in [0.3, 0.4) is 0 Å². The summed E-state index contributed by atoms with van der Waals surface area (Å²) >= 11 is 0. The van der Waals surface area contributed by atoms with Crippen molar-refractivity contribution < 1.29 is 74.1 Å². The minimum absolute atomic E-state index is 0.104. The van der Waals surface area contributed by atoms with Gasteiger partial charge in [0.05, 0.1) is 33.0 Å². The Morgan fingerprint density at radius 2 is 1.31 bits per heavy atom. The second-order valence-electron chi connectivity index (χ2n) is 8.18. The van der Waals surface area contributed by atoms with Gasteiger partial charge in [0.1, 0.15) is 48.8 Å². The number of aliphatic hydroxyl groups excluding tert-OH is 7. The number of hydrogen-bond acceptors (Lipinski definition) is 15. The Bertz CT molecular complexity index is 869. The summed E-state index contributed by atoms with van der Waals surface area (Å²) in [5, 5.41) is 79.8. The van der Waals surface area contributed by atoms with Crippen molar-refractivity contribution in [3.8, 4) is 17.2 Å². The number of carbonyl (C=O) groups is 1. The first-order valence-corrected chi connectivity index (χ1v) is 10.8. The van der Waals surface area contributed by atoms with Gasteiger partial charge in [-0.25, -0.2) is 4.79 Å². The van der Waals surface area contributed by atoms with Gasteiger partial charge < -0.3 is 69.3 Å². The first kappa shape index (κ1) is 28.3. The van der Waals surface area contributed by atoms with Gasteiger partial charge in [-0.05, 0) is 12.1 Å². The molecular weight excluding hydrogens is 492 g/mol. The summed E-state index contributed by atoms with van der Waals surface area (Å²) in [4.78, 5) is 12.7. The predicted octanol–water partition coefficient (Wildman–Crippen LogP) is -3.81. The van der Waals surface area contributed by atoms with Crippen LogP contribution in [0.4, 0.5) is 0 Å². The number of benzene rings is 1. The molecule has 10 atom stereocenters. The molecule has 0 amide bonds. The molecule has 2 saturated heterocycles. The smallest absolute Gasteiger partial charge is 0.340 e. The van der Waals surface area contributed by atoms with Gasteiger partial charge in [-0.1, -0.05) is 0 Å². The molecule has 0 unspecified atom stereocenters. The molecule has 0 aromatic heterocycles. The Balaban J connectivity index is 1.70. The van der Waals surface area contributed by atoms with Gasteiger partial charge in [0.15, 0.2) is 17.8 Å². The van der Waals surface area contributed by atoms with Gasteiger partial charge in [-0.3, -0.25) is 0 Å². The van der Waals surface area contributed by atoms with Crippen molar-refractivity contribution in [1.29, 1.82) is 0 Å².